The van der Waals surface area contributed by atoms with Crippen LogP contribution in [0, 0.1) is 0 Å². The van der Waals surface area contributed by atoms with Gasteiger partial charge in [-0.3, -0.25) is 0 Å². The number of aliphatic hydroxyl groups is 1. The Labute approximate surface area is 71.9 Å². The first-order valence-corrected chi connectivity index (χ1v) is 4.39. The molecular formula is C8H16FNO2. The second kappa shape index (κ2) is 5.45. The van der Waals surface area contributed by atoms with Gasteiger partial charge in [0, 0.05) is 6.54 Å². The predicted octanol–water partition coefficient (Wildman–Crippen LogP) is 0.0854. The topological polar surface area (TPSA) is 41.5 Å². The molecular weight excluding hydrogens is 161 g/mol. The third-order valence-electron chi connectivity index (χ3n) is 1.95. The van der Waals surface area contributed by atoms with Crippen LogP contribution in [0.25, 0.3) is 0 Å². The molecule has 1 aliphatic heterocycles. The number of piperidine rings is 1. The van der Waals surface area contributed by atoms with E-state index in [9.17, 15) is 4.39 Å². The molecule has 3 nitrogen and oxygen atoms in total. The molecule has 72 valence electrons. The van der Waals surface area contributed by atoms with E-state index in [1.54, 1.807) is 0 Å². The van der Waals surface area contributed by atoms with Crippen LogP contribution in [0.2, 0.25) is 0 Å². The average molecular weight is 177 g/mol. The summed E-state index contributed by atoms with van der Waals surface area (Å²) < 4.78 is 17.1. The summed E-state index contributed by atoms with van der Waals surface area (Å²) in [7, 11) is 0. The molecule has 1 aliphatic rings. The molecule has 0 aliphatic carbocycles. The molecule has 1 fully saturated rings. The summed E-state index contributed by atoms with van der Waals surface area (Å²) in [5.74, 6) is 0. The van der Waals surface area contributed by atoms with Crippen molar-refractivity contribution in [3.8, 4) is 0 Å². The van der Waals surface area contributed by atoms with Crippen molar-refractivity contribution in [3.05, 3.63) is 0 Å². The first-order valence-electron chi connectivity index (χ1n) is 4.39. The zero-order chi connectivity index (χ0) is 8.81. The number of ether oxygens (including phenoxy) is 1. The van der Waals surface area contributed by atoms with Gasteiger partial charge in [0.1, 0.15) is 12.8 Å². The molecule has 0 aromatic heterocycles. The van der Waals surface area contributed by atoms with E-state index in [2.05, 4.69) is 5.32 Å². The van der Waals surface area contributed by atoms with Crippen molar-refractivity contribution in [3.63, 3.8) is 0 Å². The van der Waals surface area contributed by atoms with E-state index in [0.717, 1.165) is 25.9 Å². The molecule has 1 rings (SSSR count). The Morgan fingerprint density at radius 2 is 2.50 bits per heavy atom. The molecule has 0 radical (unpaired) electrons. The summed E-state index contributed by atoms with van der Waals surface area (Å²) in [5, 5.41) is 12.0. The van der Waals surface area contributed by atoms with E-state index >= 15 is 0 Å². The fourth-order valence-corrected chi connectivity index (χ4v) is 1.25. The Morgan fingerprint density at radius 1 is 1.67 bits per heavy atom. The maximum absolute atomic E-state index is 11.8. The summed E-state index contributed by atoms with van der Waals surface area (Å²) in [6, 6.07) is 0. The Balaban J connectivity index is 2.05. The second-order valence-electron chi connectivity index (χ2n) is 3.11. The van der Waals surface area contributed by atoms with E-state index in [4.69, 9.17) is 9.84 Å². The molecule has 12 heavy (non-hydrogen) atoms. The maximum Gasteiger partial charge on any atom is 0.118 e. The van der Waals surface area contributed by atoms with Gasteiger partial charge in [0.15, 0.2) is 0 Å². The average Bonchev–Trinajstić information content (AvgIpc) is 2.16. The van der Waals surface area contributed by atoms with Crippen molar-refractivity contribution in [2.45, 2.75) is 25.0 Å². The molecule has 1 saturated heterocycles. The highest BCUT2D eigenvalue weighted by atomic mass is 19.1. The third kappa shape index (κ3) is 3.47. The van der Waals surface area contributed by atoms with Crippen LogP contribution in [0.5, 0.6) is 0 Å². The van der Waals surface area contributed by atoms with Gasteiger partial charge < -0.3 is 15.2 Å². The van der Waals surface area contributed by atoms with Crippen LogP contribution < -0.4 is 5.32 Å². The number of rotatable bonds is 4. The molecule has 2 atom stereocenters. The maximum atomic E-state index is 11.8. The van der Waals surface area contributed by atoms with Gasteiger partial charge in [-0.25, -0.2) is 4.39 Å². The van der Waals surface area contributed by atoms with Crippen molar-refractivity contribution in [1.29, 1.82) is 0 Å². The van der Waals surface area contributed by atoms with Crippen LogP contribution >= 0.6 is 0 Å². The number of hydrogen-bond acceptors (Lipinski definition) is 3. The normalized spacial score (nSPS) is 27.0. The summed E-state index contributed by atoms with van der Waals surface area (Å²) in [5.41, 5.74) is 0. The van der Waals surface area contributed by atoms with Crippen molar-refractivity contribution >= 4 is 0 Å². The van der Waals surface area contributed by atoms with E-state index in [-0.39, 0.29) is 12.7 Å². The van der Waals surface area contributed by atoms with Gasteiger partial charge in [-0.1, -0.05) is 0 Å². The summed E-state index contributed by atoms with van der Waals surface area (Å²) in [6.07, 6.45) is 1.30. The number of nitrogens with one attached hydrogen (secondary N) is 1. The van der Waals surface area contributed by atoms with Crippen LogP contribution in [0.3, 0.4) is 0 Å². The molecule has 0 aromatic rings. The minimum Gasteiger partial charge on any atom is -0.388 e. The Morgan fingerprint density at radius 3 is 3.08 bits per heavy atom. The van der Waals surface area contributed by atoms with Crippen LogP contribution in [0.4, 0.5) is 4.39 Å². The Bertz CT molecular complexity index is 118. The summed E-state index contributed by atoms with van der Waals surface area (Å²) in [6.45, 7) is 1.24. The molecule has 2 unspecified atom stereocenters. The molecule has 0 bridgehead atoms. The predicted molar refractivity (Wildman–Crippen MR) is 43.8 cm³/mol. The Hall–Kier alpha value is -0.190. The van der Waals surface area contributed by atoms with E-state index < -0.39 is 12.8 Å². The second-order valence-corrected chi connectivity index (χ2v) is 3.11. The highest BCUT2D eigenvalue weighted by molar-refractivity contribution is 4.69. The van der Waals surface area contributed by atoms with E-state index in [1.807, 2.05) is 0 Å². The van der Waals surface area contributed by atoms with Crippen molar-refractivity contribution in [2.24, 2.45) is 0 Å². The van der Waals surface area contributed by atoms with Gasteiger partial charge in [-0.15, -0.1) is 0 Å². The number of aliphatic hydroxyl groups excluding tert-OH is 1. The third-order valence-corrected chi connectivity index (χ3v) is 1.95. The van der Waals surface area contributed by atoms with Crippen LogP contribution in [-0.4, -0.2) is 43.7 Å². The van der Waals surface area contributed by atoms with E-state index in [1.165, 1.54) is 0 Å². The molecule has 2 N–H and O–H groups in total. The molecule has 1 heterocycles. The molecule has 0 spiro atoms. The SMILES string of the molecule is OC(CF)COC1CCCNC1. The van der Waals surface area contributed by atoms with Gasteiger partial charge >= 0.3 is 0 Å². The lowest BCUT2D eigenvalue weighted by atomic mass is 10.1. The zero-order valence-corrected chi connectivity index (χ0v) is 7.13. The highest BCUT2D eigenvalue weighted by Gasteiger charge is 2.14. The lowest BCUT2D eigenvalue weighted by Gasteiger charge is -2.23. The Kier molecular flexibility index (Phi) is 4.50. The zero-order valence-electron chi connectivity index (χ0n) is 7.13. The van der Waals surface area contributed by atoms with Crippen molar-refractivity contribution in [2.75, 3.05) is 26.4 Å². The quantitative estimate of drug-likeness (QED) is 0.639. The van der Waals surface area contributed by atoms with Crippen LogP contribution in [0.15, 0.2) is 0 Å². The van der Waals surface area contributed by atoms with Crippen LogP contribution in [0.1, 0.15) is 12.8 Å². The number of halogens is 1. The fourth-order valence-electron chi connectivity index (χ4n) is 1.25. The van der Waals surface area contributed by atoms with Gasteiger partial charge in [-0.2, -0.15) is 0 Å². The summed E-state index contributed by atoms with van der Waals surface area (Å²) >= 11 is 0. The number of hydrogen-bond donors (Lipinski definition) is 2. The minimum atomic E-state index is -0.952. The highest BCUT2D eigenvalue weighted by Crippen LogP contribution is 2.06. The molecule has 4 heteroatoms. The lowest BCUT2D eigenvalue weighted by Crippen LogP contribution is -2.37. The van der Waals surface area contributed by atoms with Crippen molar-refractivity contribution < 1.29 is 14.2 Å². The smallest absolute Gasteiger partial charge is 0.118 e. The molecule has 0 saturated carbocycles. The minimum absolute atomic E-state index is 0.114. The first kappa shape index (κ1) is 9.89. The monoisotopic (exact) mass is 177 g/mol. The molecule has 0 amide bonds. The standard InChI is InChI=1S/C8H16FNO2/c9-4-7(11)6-12-8-2-1-3-10-5-8/h7-8,10-11H,1-6H2. The first-order chi connectivity index (χ1) is 5.83. The largest absolute Gasteiger partial charge is 0.388 e. The van der Waals surface area contributed by atoms with Gasteiger partial charge in [-0.05, 0) is 19.4 Å². The van der Waals surface area contributed by atoms with E-state index in [0.29, 0.717) is 0 Å². The number of alkyl halides is 1. The molecule has 0 aromatic carbocycles. The lowest BCUT2D eigenvalue weighted by molar-refractivity contribution is -0.0247. The fraction of sp³-hybridized carbons (Fsp3) is 1.00. The summed E-state index contributed by atoms with van der Waals surface area (Å²) in [4.78, 5) is 0. The van der Waals surface area contributed by atoms with Gasteiger partial charge in [0.25, 0.3) is 0 Å². The van der Waals surface area contributed by atoms with Crippen LogP contribution in [-0.2, 0) is 4.74 Å². The van der Waals surface area contributed by atoms with Gasteiger partial charge in [0.05, 0.1) is 12.7 Å². The van der Waals surface area contributed by atoms with Crippen molar-refractivity contribution in [1.82, 2.24) is 5.32 Å². The van der Waals surface area contributed by atoms with Gasteiger partial charge in [0.2, 0.25) is 0 Å².